The van der Waals surface area contributed by atoms with Crippen LogP contribution in [0.15, 0.2) is 12.1 Å². The van der Waals surface area contributed by atoms with E-state index < -0.39 is 12.2 Å². The molecule has 4 N–H and O–H groups in total. The van der Waals surface area contributed by atoms with Gasteiger partial charge in [-0.05, 0) is 28.0 Å². The first-order valence-corrected chi connectivity index (χ1v) is 7.01. The molecule has 1 aromatic rings. The van der Waals surface area contributed by atoms with Crippen molar-refractivity contribution >= 4 is 23.6 Å². The number of benzene rings is 1. The van der Waals surface area contributed by atoms with Gasteiger partial charge >= 0.3 is 12.2 Å². The molecule has 0 saturated heterocycles. The number of carbonyl (C=O) groups is 2. The van der Waals surface area contributed by atoms with Gasteiger partial charge in [0.15, 0.2) is 0 Å². The van der Waals surface area contributed by atoms with Crippen molar-refractivity contribution in [3.63, 3.8) is 0 Å². The predicted octanol–water partition coefficient (Wildman–Crippen LogP) is 4.46. The molecule has 0 aliphatic heterocycles. The zero-order valence-corrected chi connectivity index (χ0v) is 13.9. The molecule has 0 heterocycles. The molecule has 6 nitrogen and oxygen atoms in total. The normalized spacial score (nSPS) is 11.9. The smallest absolute Gasteiger partial charge is 0.409 e. The van der Waals surface area contributed by atoms with Crippen molar-refractivity contribution in [2.75, 3.05) is 10.6 Å². The molecule has 0 fully saturated rings. The molecule has 0 aliphatic rings. The van der Waals surface area contributed by atoms with E-state index in [-0.39, 0.29) is 22.2 Å². The lowest BCUT2D eigenvalue weighted by molar-refractivity contribution is 0.208. The number of carboxylic acid groups (broad SMARTS) is 2. The summed E-state index contributed by atoms with van der Waals surface area (Å²) in [5, 5.41) is 22.7. The lowest BCUT2D eigenvalue weighted by Crippen LogP contribution is -2.23. The maximum absolute atomic E-state index is 11.1. The van der Waals surface area contributed by atoms with Gasteiger partial charge < -0.3 is 10.2 Å². The summed E-state index contributed by atoms with van der Waals surface area (Å²) >= 11 is 0. The van der Waals surface area contributed by atoms with E-state index in [1.165, 1.54) is 0 Å². The van der Waals surface area contributed by atoms with Crippen LogP contribution in [-0.4, -0.2) is 22.4 Å². The minimum Gasteiger partial charge on any atom is -0.465 e. The van der Waals surface area contributed by atoms with E-state index in [9.17, 15) is 9.59 Å². The maximum Gasteiger partial charge on any atom is 0.409 e. The second-order valence-corrected chi connectivity index (χ2v) is 7.31. The molecule has 122 valence electrons. The second-order valence-electron chi connectivity index (χ2n) is 7.31. The average Bonchev–Trinajstić information content (AvgIpc) is 2.26. The molecule has 0 unspecified atom stereocenters. The quantitative estimate of drug-likeness (QED) is 0.648. The molecule has 0 spiro atoms. The summed E-state index contributed by atoms with van der Waals surface area (Å²) < 4.78 is 0. The van der Waals surface area contributed by atoms with Gasteiger partial charge in [-0.3, -0.25) is 10.6 Å². The summed E-state index contributed by atoms with van der Waals surface area (Å²) in [5.41, 5.74) is 1.64. The Bertz CT molecular complexity index is 595. The number of nitrogens with one attached hydrogen (secondary N) is 2. The molecule has 22 heavy (non-hydrogen) atoms. The average molecular weight is 308 g/mol. The number of hydrogen-bond donors (Lipinski definition) is 4. The van der Waals surface area contributed by atoms with Crippen LogP contribution in [-0.2, 0) is 10.8 Å². The van der Waals surface area contributed by atoms with Crippen molar-refractivity contribution in [3.05, 3.63) is 23.3 Å². The Morgan fingerprint density at radius 1 is 0.864 bits per heavy atom. The van der Waals surface area contributed by atoms with Gasteiger partial charge in [-0.1, -0.05) is 47.6 Å². The number of rotatable bonds is 2. The molecule has 6 heteroatoms. The molecule has 0 saturated carbocycles. The van der Waals surface area contributed by atoms with E-state index in [1.54, 1.807) is 6.07 Å². The number of anilines is 2. The standard InChI is InChI=1S/C16H24N2O4/c1-15(2,3)9-7-10(16(4,5)6)12(18-14(21)22)11(8-9)17-13(19)20/h7-8,17-18H,1-6H3,(H,19,20)(H,21,22). The second kappa shape index (κ2) is 5.87. The van der Waals surface area contributed by atoms with E-state index in [4.69, 9.17) is 10.2 Å². The van der Waals surface area contributed by atoms with Crippen LogP contribution >= 0.6 is 0 Å². The van der Waals surface area contributed by atoms with Gasteiger partial charge in [-0.15, -0.1) is 0 Å². The monoisotopic (exact) mass is 308 g/mol. The fraction of sp³-hybridized carbons (Fsp3) is 0.500. The zero-order valence-electron chi connectivity index (χ0n) is 13.9. The summed E-state index contributed by atoms with van der Waals surface area (Å²) in [4.78, 5) is 22.1. The Morgan fingerprint density at radius 3 is 1.73 bits per heavy atom. The lowest BCUT2D eigenvalue weighted by atomic mass is 9.79. The third-order valence-electron chi connectivity index (χ3n) is 3.29. The minimum absolute atomic E-state index is 0.198. The van der Waals surface area contributed by atoms with Crippen molar-refractivity contribution in [3.8, 4) is 0 Å². The van der Waals surface area contributed by atoms with Gasteiger partial charge in [0.25, 0.3) is 0 Å². The number of amides is 2. The van der Waals surface area contributed by atoms with E-state index >= 15 is 0 Å². The van der Waals surface area contributed by atoms with Crippen LogP contribution in [0.2, 0.25) is 0 Å². The Morgan fingerprint density at radius 2 is 1.36 bits per heavy atom. The van der Waals surface area contributed by atoms with Crippen LogP contribution in [0.25, 0.3) is 0 Å². The minimum atomic E-state index is -1.24. The summed E-state index contributed by atoms with van der Waals surface area (Å²) in [6, 6.07) is 3.60. The lowest BCUT2D eigenvalue weighted by Gasteiger charge is -2.29. The van der Waals surface area contributed by atoms with E-state index in [1.807, 2.05) is 47.6 Å². The summed E-state index contributed by atoms with van der Waals surface area (Å²) in [5.74, 6) is 0. The fourth-order valence-corrected chi connectivity index (χ4v) is 2.12. The van der Waals surface area contributed by atoms with E-state index in [2.05, 4.69) is 10.6 Å². The summed E-state index contributed by atoms with van der Waals surface area (Å²) in [6.07, 6.45) is -2.47. The molecular weight excluding hydrogens is 284 g/mol. The molecule has 2 amide bonds. The third kappa shape index (κ3) is 4.38. The maximum atomic E-state index is 11.1. The van der Waals surface area contributed by atoms with Crippen molar-refractivity contribution in [2.45, 2.75) is 52.4 Å². The molecule has 0 radical (unpaired) electrons. The summed E-state index contributed by atoms with van der Waals surface area (Å²) in [6.45, 7) is 11.9. The summed E-state index contributed by atoms with van der Waals surface area (Å²) in [7, 11) is 0. The van der Waals surface area contributed by atoms with Gasteiger partial charge in [-0.2, -0.15) is 0 Å². The molecule has 1 aromatic carbocycles. The van der Waals surface area contributed by atoms with Crippen LogP contribution in [0.1, 0.15) is 52.7 Å². The number of hydrogen-bond acceptors (Lipinski definition) is 2. The largest absolute Gasteiger partial charge is 0.465 e. The first kappa shape index (κ1) is 17.8. The Balaban J connectivity index is 3.68. The van der Waals surface area contributed by atoms with E-state index in [0.717, 1.165) is 11.1 Å². The zero-order chi connectivity index (χ0) is 17.3. The highest BCUT2D eigenvalue weighted by atomic mass is 16.4. The van der Waals surface area contributed by atoms with Gasteiger partial charge in [-0.25, -0.2) is 9.59 Å². The Hall–Kier alpha value is -2.24. The van der Waals surface area contributed by atoms with Crippen molar-refractivity contribution < 1.29 is 19.8 Å². The molecule has 0 atom stereocenters. The molecule has 1 rings (SSSR count). The van der Waals surface area contributed by atoms with Crippen LogP contribution in [0.4, 0.5) is 21.0 Å². The van der Waals surface area contributed by atoms with E-state index in [0.29, 0.717) is 0 Å². The first-order chi connectivity index (χ1) is 9.82. The topological polar surface area (TPSA) is 98.7 Å². The molecular formula is C16H24N2O4. The van der Waals surface area contributed by atoms with Crippen LogP contribution in [0.5, 0.6) is 0 Å². The third-order valence-corrected chi connectivity index (χ3v) is 3.29. The predicted molar refractivity (Wildman–Crippen MR) is 87.1 cm³/mol. The fourth-order valence-electron chi connectivity index (χ4n) is 2.12. The van der Waals surface area contributed by atoms with Crippen LogP contribution in [0.3, 0.4) is 0 Å². The highest BCUT2D eigenvalue weighted by Gasteiger charge is 2.26. The molecule has 0 aliphatic carbocycles. The first-order valence-electron chi connectivity index (χ1n) is 7.01. The Kier molecular flexibility index (Phi) is 4.75. The van der Waals surface area contributed by atoms with Crippen molar-refractivity contribution in [2.24, 2.45) is 0 Å². The van der Waals surface area contributed by atoms with Gasteiger partial charge in [0, 0.05) is 0 Å². The molecule has 0 bridgehead atoms. The van der Waals surface area contributed by atoms with Gasteiger partial charge in [0.05, 0.1) is 11.4 Å². The van der Waals surface area contributed by atoms with Gasteiger partial charge in [0.1, 0.15) is 0 Å². The highest BCUT2D eigenvalue weighted by Crippen LogP contribution is 2.39. The SMILES string of the molecule is CC(C)(C)c1cc(NC(=O)O)c(NC(=O)O)c(C(C)(C)C)c1. The van der Waals surface area contributed by atoms with Crippen LogP contribution < -0.4 is 10.6 Å². The van der Waals surface area contributed by atoms with Gasteiger partial charge in [0.2, 0.25) is 0 Å². The molecule has 0 aromatic heterocycles. The van der Waals surface area contributed by atoms with Crippen molar-refractivity contribution in [1.29, 1.82) is 0 Å². The highest BCUT2D eigenvalue weighted by molar-refractivity contribution is 5.96. The Labute approximate surface area is 130 Å². The van der Waals surface area contributed by atoms with Crippen LogP contribution in [0, 0.1) is 0 Å². The van der Waals surface area contributed by atoms with Crippen molar-refractivity contribution in [1.82, 2.24) is 0 Å².